The van der Waals surface area contributed by atoms with Crippen LogP contribution in [0, 0.1) is 0 Å². The monoisotopic (exact) mass is 502 g/mol. The molecule has 0 spiro atoms. The molecule has 0 radical (unpaired) electrons. The second-order valence-corrected chi connectivity index (χ2v) is 10.2. The molecule has 2 fully saturated rings. The number of ether oxygens (including phenoxy) is 1. The van der Waals surface area contributed by atoms with Crippen LogP contribution in [0.4, 0.5) is 11.6 Å². The van der Waals surface area contributed by atoms with Crippen molar-refractivity contribution in [3.05, 3.63) is 53.8 Å². The average Bonchev–Trinajstić information content (AvgIpc) is 3.68. The zero-order valence-electron chi connectivity index (χ0n) is 20.5. The van der Waals surface area contributed by atoms with Gasteiger partial charge in [-0.15, -0.1) is 0 Å². The van der Waals surface area contributed by atoms with E-state index in [4.69, 9.17) is 26.4 Å². The lowest BCUT2D eigenvalue weighted by Crippen LogP contribution is -2.16. The Morgan fingerprint density at radius 3 is 2.31 bits per heavy atom. The van der Waals surface area contributed by atoms with Crippen LogP contribution in [0.3, 0.4) is 0 Å². The Bertz CT molecular complexity index is 1360. The van der Waals surface area contributed by atoms with Crippen molar-refractivity contribution in [2.75, 3.05) is 17.7 Å². The Kier molecular flexibility index (Phi) is 6.40. The minimum atomic E-state index is 0.427. The Hall–Kier alpha value is -3.32. The molecule has 3 heterocycles. The maximum absolute atomic E-state index is 7.10. The first-order valence-electron chi connectivity index (χ1n) is 12.9. The predicted octanol–water partition coefficient (Wildman–Crippen LogP) is 6.83. The molecule has 0 saturated heterocycles. The summed E-state index contributed by atoms with van der Waals surface area (Å²) < 4.78 is 7.24. The van der Waals surface area contributed by atoms with Crippen LogP contribution in [-0.2, 0) is 0 Å². The molecule has 8 heteroatoms. The number of nitrogens with one attached hydrogen (secondary N) is 2. The number of anilines is 2. The molecule has 2 saturated carbocycles. The zero-order valence-corrected chi connectivity index (χ0v) is 21.3. The molecule has 0 aliphatic heterocycles. The predicted molar refractivity (Wildman–Crippen MR) is 145 cm³/mol. The third kappa shape index (κ3) is 4.48. The summed E-state index contributed by atoms with van der Waals surface area (Å²) in [6, 6.07) is 12.8. The fourth-order valence-corrected chi connectivity index (χ4v) is 5.81. The van der Waals surface area contributed by atoms with Crippen molar-refractivity contribution >= 4 is 28.8 Å². The van der Waals surface area contributed by atoms with Crippen molar-refractivity contribution < 1.29 is 4.74 Å². The molecule has 2 N–H and O–H groups in total. The summed E-state index contributed by atoms with van der Waals surface area (Å²) in [6.45, 7) is 0. The van der Waals surface area contributed by atoms with Gasteiger partial charge in [-0.25, -0.2) is 14.5 Å². The summed E-state index contributed by atoms with van der Waals surface area (Å²) in [4.78, 5) is 9.46. The number of rotatable bonds is 7. The number of methoxy groups -OCH3 is 1. The highest BCUT2D eigenvalue weighted by molar-refractivity contribution is 6.37. The smallest absolute Gasteiger partial charge is 0.223 e. The summed E-state index contributed by atoms with van der Waals surface area (Å²) in [6.07, 6.45) is 13.5. The Labute approximate surface area is 216 Å². The number of pyridine rings is 1. The molecule has 0 bridgehead atoms. The number of halogens is 1. The van der Waals surface area contributed by atoms with Gasteiger partial charge in [0.15, 0.2) is 0 Å². The first-order valence-corrected chi connectivity index (χ1v) is 13.3. The van der Waals surface area contributed by atoms with E-state index in [-0.39, 0.29) is 0 Å². The highest BCUT2D eigenvalue weighted by atomic mass is 35.5. The van der Waals surface area contributed by atoms with E-state index in [1.54, 1.807) is 7.11 Å². The van der Waals surface area contributed by atoms with Crippen LogP contribution in [0.15, 0.2) is 48.8 Å². The first kappa shape index (κ1) is 23.1. The van der Waals surface area contributed by atoms with Gasteiger partial charge in [0.05, 0.1) is 34.6 Å². The van der Waals surface area contributed by atoms with E-state index >= 15 is 0 Å². The van der Waals surface area contributed by atoms with Crippen molar-refractivity contribution in [2.45, 2.75) is 63.5 Å². The Morgan fingerprint density at radius 2 is 1.61 bits per heavy atom. The molecule has 7 nitrogen and oxygen atoms in total. The summed E-state index contributed by atoms with van der Waals surface area (Å²) in [5, 5.41) is 12.8. The van der Waals surface area contributed by atoms with Gasteiger partial charge in [0, 0.05) is 30.0 Å². The van der Waals surface area contributed by atoms with Crippen LogP contribution < -0.4 is 15.4 Å². The molecule has 2 aliphatic rings. The largest absolute Gasteiger partial charge is 0.497 e. The maximum atomic E-state index is 7.10. The lowest BCUT2D eigenvalue weighted by molar-refractivity contribution is 0.415. The number of hydrogen-bond acceptors (Lipinski definition) is 6. The van der Waals surface area contributed by atoms with E-state index in [9.17, 15) is 0 Å². The molecule has 4 aromatic rings. The topological polar surface area (TPSA) is 76.4 Å². The molecular weight excluding hydrogens is 472 g/mol. The number of nitrogens with zero attached hydrogens (tertiary/aromatic N) is 4. The van der Waals surface area contributed by atoms with Crippen molar-refractivity contribution in [3.8, 4) is 28.3 Å². The summed E-state index contributed by atoms with van der Waals surface area (Å²) in [7, 11) is 1.67. The van der Waals surface area contributed by atoms with Crippen molar-refractivity contribution in [2.24, 2.45) is 0 Å². The van der Waals surface area contributed by atoms with Crippen LogP contribution in [0.2, 0.25) is 5.02 Å². The van der Waals surface area contributed by atoms with Gasteiger partial charge < -0.3 is 15.4 Å². The summed E-state index contributed by atoms with van der Waals surface area (Å²) in [5.41, 5.74) is 5.28. The minimum Gasteiger partial charge on any atom is -0.497 e. The van der Waals surface area contributed by atoms with E-state index in [2.05, 4.69) is 15.6 Å². The lowest BCUT2D eigenvalue weighted by Gasteiger charge is -2.16. The van der Waals surface area contributed by atoms with Gasteiger partial charge in [0.25, 0.3) is 0 Å². The third-order valence-corrected chi connectivity index (χ3v) is 7.80. The first-order chi connectivity index (χ1) is 17.7. The molecule has 36 heavy (non-hydrogen) atoms. The standard InChI is InChI=1S/C28H31ClN6O/c1-36-21-12-10-18(11-13-21)26-24(22-14-16-30-28(33-22)32-20-8-4-5-9-20)27-25(29)23(15-17-35(27)34-26)31-19-6-2-3-7-19/h10-17,19-20,31H,2-9H2,1H3,(H,30,32,33). The van der Waals surface area contributed by atoms with Gasteiger partial charge >= 0.3 is 0 Å². The van der Waals surface area contributed by atoms with Crippen molar-refractivity contribution in [3.63, 3.8) is 0 Å². The van der Waals surface area contributed by atoms with Crippen LogP contribution in [0.5, 0.6) is 5.75 Å². The van der Waals surface area contributed by atoms with Crippen LogP contribution in [0.1, 0.15) is 51.4 Å². The fourth-order valence-electron chi connectivity index (χ4n) is 5.51. The Morgan fingerprint density at radius 1 is 0.917 bits per heavy atom. The van der Waals surface area contributed by atoms with E-state index in [1.807, 2.05) is 53.3 Å². The van der Waals surface area contributed by atoms with Gasteiger partial charge in [-0.3, -0.25) is 0 Å². The van der Waals surface area contributed by atoms with E-state index < -0.39 is 0 Å². The van der Waals surface area contributed by atoms with Crippen LogP contribution in [-0.4, -0.2) is 38.8 Å². The van der Waals surface area contributed by atoms with Gasteiger partial charge in [0.2, 0.25) is 5.95 Å². The van der Waals surface area contributed by atoms with E-state index in [0.717, 1.165) is 52.3 Å². The highest BCUT2D eigenvalue weighted by Gasteiger charge is 2.24. The van der Waals surface area contributed by atoms with Gasteiger partial charge in [-0.05, 0) is 62.1 Å². The number of hydrogen-bond donors (Lipinski definition) is 2. The van der Waals surface area contributed by atoms with Crippen molar-refractivity contribution in [1.82, 2.24) is 19.6 Å². The Balaban J connectivity index is 1.48. The second kappa shape index (κ2) is 9.97. The van der Waals surface area contributed by atoms with Crippen molar-refractivity contribution in [1.29, 1.82) is 0 Å². The van der Waals surface area contributed by atoms with Crippen LogP contribution in [0.25, 0.3) is 28.0 Å². The lowest BCUT2D eigenvalue weighted by atomic mass is 10.0. The van der Waals surface area contributed by atoms with Crippen LogP contribution >= 0.6 is 11.6 Å². The molecule has 186 valence electrons. The molecule has 0 unspecified atom stereocenters. The maximum Gasteiger partial charge on any atom is 0.223 e. The SMILES string of the molecule is COc1ccc(-c2nn3ccc(NC4CCCC4)c(Cl)c3c2-c2ccnc(NC3CCCC3)n2)cc1. The summed E-state index contributed by atoms with van der Waals surface area (Å²) in [5.74, 6) is 1.45. The number of aromatic nitrogens is 4. The molecular formula is C28H31ClN6O. The zero-order chi connectivity index (χ0) is 24.5. The van der Waals surface area contributed by atoms with E-state index in [0.29, 0.717) is 23.1 Å². The van der Waals surface area contributed by atoms with Gasteiger partial charge in [-0.1, -0.05) is 37.3 Å². The molecule has 1 aromatic carbocycles. The van der Waals surface area contributed by atoms with Gasteiger partial charge in [0.1, 0.15) is 11.4 Å². The average molecular weight is 503 g/mol. The molecule has 2 aliphatic carbocycles. The molecule has 0 amide bonds. The number of fused-ring (bicyclic) bond motifs is 1. The second-order valence-electron chi connectivity index (χ2n) is 9.81. The minimum absolute atomic E-state index is 0.427. The third-order valence-electron chi connectivity index (χ3n) is 7.42. The quantitative estimate of drug-likeness (QED) is 0.288. The molecule has 6 rings (SSSR count). The molecule has 0 atom stereocenters. The molecule has 3 aromatic heterocycles. The van der Waals surface area contributed by atoms with E-state index in [1.165, 1.54) is 38.5 Å². The number of benzene rings is 1. The van der Waals surface area contributed by atoms with Gasteiger partial charge in [-0.2, -0.15) is 5.10 Å². The normalized spacial score (nSPS) is 16.6. The highest BCUT2D eigenvalue weighted by Crippen LogP contribution is 2.41. The fraction of sp³-hybridized carbons (Fsp3) is 0.393. The summed E-state index contributed by atoms with van der Waals surface area (Å²) >= 11 is 7.10.